The van der Waals surface area contributed by atoms with E-state index in [0.717, 1.165) is 0 Å². The predicted octanol–water partition coefficient (Wildman–Crippen LogP) is 2.68. The van der Waals surface area contributed by atoms with Gasteiger partial charge in [-0.3, -0.25) is 0 Å². The van der Waals surface area contributed by atoms with Crippen LogP contribution in [0.4, 0.5) is 0 Å². The number of methoxy groups -OCH3 is 2. The van der Waals surface area contributed by atoms with Crippen molar-refractivity contribution < 1.29 is 26.3 Å². The quantitative estimate of drug-likeness (QED) is 0.737. The Balaban J connectivity index is 1.85. The van der Waals surface area contributed by atoms with E-state index in [1.54, 1.807) is 62.8 Å². The molecule has 0 aliphatic carbocycles. The van der Waals surface area contributed by atoms with E-state index >= 15 is 0 Å². The summed E-state index contributed by atoms with van der Waals surface area (Å²) in [5.41, 5.74) is 1.39. The molecule has 0 N–H and O–H groups in total. The highest BCUT2D eigenvalue weighted by molar-refractivity contribution is 7.81. The van der Waals surface area contributed by atoms with E-state index in [2.05, 4.69) is 0 Å². The minimum absolute atomic E-state index is 0.102. The molecule has 6 nitrogen and oxygen atoms in total. The fraction of sp³-hybridized carbons (Fsp3) is 0.250. The first-order valence-electron chi connectivity index (χ1n) is 6.82. The smallest absolute Gasteiger partial charge is 0.400 e. The summed E-state index contributed by atoms with van der Waals surface area (Å²) in [4.78, 5) is 0. The van der Waals surface area contributed by atoms with Crippen molar-refractivity contribution in [1.29, 1.82) is 0 Å². The Kier molecular flexibility index (Phi) is 5.97. The maximum atomic E-state index is 11.7. The van der Waals surface area contributed by atoms with E-state index in [4.69, 9.17) is 17.8 Å². The molecule has 0 amide bonds. The molecule has 7 heteroatoms. The molecule has 0 aliphatic rings. The van der Waals surface area contributed by atoms with Gasteiger partial charge in [-0.25, -0.2) is 8.37 Å². The first kappa shape index (κ1) is 17.3. The van der Waals surface area contributed by atoms with Crippen LogP contribution in [0.25, 0.3) is 0 Å². The van der Waals surface area contributed by atoms with Crippen LogP contribution in [0.2, 0.25) is 0 Å². The highest BCUT2D eigenvalue weighted by atomic mass is 32.3. The van der Waals surface area contributed by atoms with E-state index in [9.17, 15) is 8.42 Å². The Morgan fingerprint density at radius 2 is 1.04 bits per heavy atom. The van der Waals surface area contributed by atoms with E-state index in [1.165, 1.54) is 0 Å². The van der Waals surface area contributed by atoms with Crippen LogP contribution < -0.4 is 9.47 Å². The zero-order valence-electron chi connectivity index (χ0n) is 12.9. The number of ether oxygens (including phenoxy) is 2. The van der Waals surface area contributed by atoms with Gasteiger partial charge >= 0.3 is 10.4 Å². The lowest BCUT2D eigenvalue weighted by Crippen LogP contribution is -2.10. The Hall–Kier alpha value is -2.09. The molecule has 23 heavy (non-hydrogen) atoms. The SMILES string of the molecule is COc1ccc(COS(=O)(=O)OCc2ccc(OC)cc2)cc1. The van der Waals surface area contributed by atoms with Crippen LogP contribution >= 0.6 is 0 Å². The molecule has 0 bridgehead atoms. The van der Waals surface area contributed by atoms with Gasteiger partial charge in [0.1, 0.15) is 11.5 Å². The van der Waals surface area contributed by atoms with Crippen LogP contribution in [-0.2, 0) is 32.0 Å². The van der Waals surface area contributed by atoms with Gasteiger partial charge < -0.3 is 9.47 Å². The second-order valence-corrected chi connectivity index (χ2v) is 5.92. The molecule has 2 rings (SSSR count). The van der Waals surface area contributed by atoms with Crippen molar-refractivity contribution >= 4 is 10.4 Å². The van der Waals surface area contributed by atoms with Gasteiger partial charge in [-0.15, -0.1) is 0 Å². The average molecular weight is 338 g/mol. The van der Waals surface area contributed by atoms with E-state index in [0.29, 0.717) is 22.6 Å². The zero-order chi connectivity index (χ0) is 16.7. The standard InChI is InChI=1S/C16H18O6S/c1-19-15-7-3-13(4-8-15)11-21-23(17,18)22-12-14-5-9-16(20-2)10-6-14/h3-10H,11-12H2,1-2H3. The number of rotatable bonds is 8. The second-order valence-electron chi connectivity index (χ2n) is 4.63. The summed E-state index contributed by atoms with van der Waals surface area (Å²) in [6, 6.07) is 13.8. The third-order valence-electron chi connectivity index (χ3n) is 3.06. The van der Waals surface area contributed by atoms with Gasteiger partial charge in [0.25, 0.3) is 0 Å². The zero-order valence-corrected chi connectivity index (χ0v) is 13.7. The molecular formula is C16H18O6S. The molecular weight excluding hydrogens is 320 g/mol. The Labute approximate surface area is 135 Å². The molecule has 0 aliphatic heterocycles. The third kappa shape index (κ3) is 5.55. The van der Waals surface area contributed by atoms with Crippen molar-refractivity contribution in [3.63, 3.8) is 0 Å². The lowest BCUT2D eigenvalue weighted by atomic mass is 10.2. The fourth-order valence-corrected chi connectivity index (χ4v) is 2.39. The minimum atomic E-state index is -4.07. The third-order valence-corrected chi connectivity index (χ3v) is 3.87. The average Bonchev–Trinajstić information content (AvgIpc) is 2.59. The van der Waals surface area contributed by atoms with E-state index < -0.39 is 10.4 Å². The van der Waals surface area contributed by atoms with Gasteiger partial charge in [-0.05, 0) is 35.4 Å². The minimum Gasteiger partial charge on any atom is -0.497 e. The molecule has 2 aromatic rings. The summed E-state index contributed by atoms with van der Waals surface area (Å²) < 4.78 is 43.2. The van der Waals surface area contributed by atoms with Crippen molar-refractivity contribution in [2.75, 3.05) is 14.2 Å². The molecule has 0 saturated carbocycles. The normalized spacial score (nSPS) is 11.2. The Morgan fingerprint density at radius 1 is 0.696 bits per heavy atom. The van der Waals surface area contributed by atoms with Crippen LogP contribution in [-0.4, -0.2) is 22.6 Å². The van der Waals surface area contributed by atoms with Gasteiger partial charge in [0.15, 0.2) is 0 Å². The highest BCUT2D eigenvalue weighted by Crippen LogP contribution is 2.15. The summed E-state index contributed by atoms with van der Waals surface area (Å²) in [5.74, 6) is 1.37. The lowest BCUT2D eigenvalue weighted by Gasteiger charge is -2.07. The maximum absolute atomic E-state index is 11.7. The molecule has 124 valence electrons. The maximum Gasteiger partial charge on any atom is 0.400 e. The molecule has 0 atom stereocenters. The lowest BCUT2D eigenvalue weighted by molar-refractivity contribution is 0.202. The van der Waals surface area contributed by atoms with Crippen LogP contribution in [0.15, 0.2) is 48.5 Å². The largest absolute Gasteiger partial charge is 0.497 e. The van der Waals surface area contributed by atoms with E-state index in [1.807, 2.05) is 0 Å². The summed E-state index contributed by atoms with van der Waals surface area (Å²) in [7, 11) is -0.955. The van der Waals surface area contributed by atoms with Crippen molar-refractivity contribution in [2.45, 2.75) is 13.2 Å². The summed E-state index contributed by atoms with van der Waals surface area (Å²) >= 11 is 0. The Bertz CT molecular complexity index is 650. The van der Waals surface area contributed by atoms with Crippen LogP contribution in [0.1, 0.15) is 11.1 Å². The first-order chi connectivity index (χ1) is 11.0. The van der Waals surface area contributed by atoms with Gasteiger partial charge in [-0.1, -0.05) is 24.3 Å². The van der Waals surface area contributed by atoms with Crippen LogP contribution in [0.5, 0.6) is 11.5 Å². The molecule has 0 unspecified atom stereocenters. The monoisotopic (exact) mass is 338 g/mol. The molecule has 2 aromatic carbocycles. The summed E-state index contributed by atoms with van der Waals surface area (Å²) in [5, 5.41) is 0. The molecule has 0 heterocycles. The molecule has 0 saturated heterocycles. The van der Waals surface area contributed by atoms with Crippen molar-refractivity contribution in [3.05, 3.63) is 59.7 Å². The van der Waals surface area contributed by atoms with Crippen molar-refractivity contribution in [1.82, 2.24) is 0 Å². The second kappa shape index (κ2) is 7.96. The van der Waals surface area contributed by atoms with Gasteiger partial charge in [-0.2, -0.15) is 8.42 Å². The van der Waals surface area contributed by atoms with Gasteiger partial charge in [0.05, 0.1) is 27.4 Å². The Morgan fingerprint density at radius 3 is 1.35 bits per heavy atom. The van der Waals surface area contributed by atoms with Crippen LogP contribution in [0.3, 0.4) is 0 Å². The van der Waals surface area contributed by atoms with Crippen LogP contribution in [0, 0.1) is 0 Å². The van der Waals surface area contributed by atoms with Crippen molar-refractivity contribution in [3.8, 4) is 11.5 Å². The topological polar surface area (TPSA) is 71.1 Å². The molecule has 0 radical (unpaired) electrons. The number of hydrogen-bond donors (Lipinski definition) is 0. The van der Waals surface area contributed by atoms with Gasteiger partial charge in [0, 0.05) is 0 Å². The predicted molar refractivity (Wildman–Crippen MR) is 84.5 cm³/mol. The first-order valence-corrected chi connectivity index (χ1v) is 8.15. The molecule has 0 fully saturated rings. The summed E-state index contributed by atoms with van der Waals surface area (Å²) in [6.07, 6.45) is 0. The summed E-state index contributed by atoms with van der Waals surface area (Å²) in [6.45, 7) is -0.204. The number of benzene rings is 2. The molecule has 0 aromatic heterocycles. The van der Waals surface area contributed by atoms with Gasteiger partial charge in [0.2, 0.25) is 0 Å². The fourth-order valence-electron chi connectivity index (χ4n) is 1.76. The van der Waals surface area contributed by atoms with E-state index in [-0.39, 0.29) is 13.2 Å². The van der Waals surface area contributed by atoms with Crippen molar-refractivity contribution in [2.24, 2.45) is 0 Å². The molecule has 0 spiro atoms. The number of hydrogen-bond acceptors (Lipinski definition) is 6. The highest BCUT2D eigenvalue weighted by Gasteiger charge is 2.12.